The number of carbonyl (C=O) groups excluding carboxylic acids is 1. The van der Waals surface area contributed by atoms with Crippen molar-refractivity contribution in [3.05, 3.63) is 64.7 Å². The van der Waals surface area contributed by atoms with Crippen LogP contribution in [0.1, 0.15) is 23.7 Å². The fourth-order valence-corrected chi connectivity index (χ4v) is 3.86. The van der Waals surface area contributed by atoms with Gasteiger partial charge in [-0.2, -0.15) is 0 Å². The van der Waals surface area contributed by atoms with Gasteiger partial charge in [0.2, 0.25) is 0 Å². The molecule has 0 aliphatic heterocycles. The van der Waals surface area contributed by atoms with E-state index in [1.54, 1.807) is 25.4 Å². The SMILES string of the molecule is COc1ccc(-c2nc(CCNC(=O)[C@H](C)Oc3cc(C)cc(C)c3)cs2)cc1. The van der Waals surface area contributed by atoms with Gasteiger partial charge in [0.25, 0.3) is 5.91 Å². The van der Waals surface area contributed by atoms with Crippen molar-refractivity contribution in [1.29, 1.82) is 0 Å². The lowest BCUT2D eigenvalue weighted by atomic mass is 10.1. The zero-order valence-corrected chi connectivity index (χ0v) is 18.0. The fraction of sp³-hybridized carbons (Fsp3) is 0.304. The van der Waals surface area contributed by atoms with E-state index in [-0.39, 0.29) is 5.91 Å². The predicted octanol–water partition coefficient (Wildman–Crippen LogP) is 4.56. The lowest BCUT2D eigenvalue weighted by Crippen LogP contribution is -2.37. The molecule has 0 saturated heterocycles. The highest BCUT2D eigenvalue weighted by atomic mass is 32.1. The Hall–Kier alpha value is -2.86. The minimum atomic E-state index is -0.554. The van der Waals surface area contributed by atoms with Gasteiger partial charge in [-0.1, -0.05) is 6.07 Å². The molecule has 0 spiro atoms. The van der Waals surface area contributed by atoms with Crippen LogP contribution in [0.4, 0.5) is 0 Å². The van der Waals surface area contributed by atoms with Crippen molar-refractivity contribution in [2.45, 2.75) is 33.3 Å². The number of nitrogens with one attached hydrogen (secondary N) is 1. The van der Waals surface area contributed by atoms with E-state index in [1.165, 1.54) is 0 Å². The predicted molar refractivity (Wildman–Crippen MR) is 117 cm³/mol. The lowest BCUT2D eigenvalue weighted by Gasteiger charge is -2.15. The molecule has 29 heavy (non-hydrogen) atoms. The summed E-state index contributed by atoms with van der Waals surface area (Å²) in [5.74, 6) is 1.41. The van der Waals surface area contributed by atoms with Gasteiger partial charge >= 0.3 is 0 Å². The summed E-state index contributed by atoms with van der Waals surface area (Å²) in [4.78, 5) is 17.0. The smallest absolute Gasteiger partial charge is 0.260 e. The maximum atomic E-state index is 12.3. The summed E-state index contributed by atoms with van der Waals surface area (Å²) in [5, 5.41) is 5.92. The van der Waals surface area contributed by atoms with Crippen molar-refractivity contribution < 1.29 is 14.3 Å². The largest absolute Gasteiger partial charge is 0.497 e. The summed E-state index contributed by atoms with van der Waals surface area (Å²) in [5.41, 5.74) is 4.25. The molecule has 152 valence electrons. The van der Waals surface area contributed by atoms with Crippen LogP contribution in [0.5, 0.6) is 11.5 Å². The molecule has 1 N–H and O–H groups in total. The number of benzene rings is 2. The van der Waals surface area contributed by atoms with E-state index < -0.39 is 6.10 Å². The topological polar surface area (TPSA) is 60.5 Å². The van der Waals surface area contributed by atoms with Crippen LogP contribution in [0.15, 0.2) is 47.8 Å². The second-order valence-electron chi connectivity index (χ2n) is 7.00. The van der Waals surface area contributed by atoms with Gasteiger partial charge in [-0.25, -0.2) is 4.98 Å². The van der Waals surface area contributed by atoms with Crippen molar-refractivity contribution >= 4 is 17.2 Å². The Labute approximate surface area is 175 Å². The number of aryl methyl sites for hydroxylation is 2. The maximum Gasteiger partial charge on any atom is 0.260 e. The average molecular weight is 411 g/mol. The van der Waals surface area contributed by atoms with Gasteiger partial charge in [-0.15, -0.1) is 11.3 Å². The molecule has 0 aliphatic rings. The lowest BCUT2D eigenvalue weighted by molar-refractivity contribution is -0.127. The number of rotatable bonds is 8. The first-order chi connectivity index (χ1) is 13.9. The number of hydrogen-bond donors (Lipinski definition) is 1. The third-order valence-corrected chi connectivity index (χ3v) is 5.39. The van der Waals surface area contributed by atoms with E-state index in [4.69, 9.17) is 9.47 Å². The minimum absolute atomic E-state index is 0.130. The molecule has 6 heteroatoms. The molecule has 0 aliphatic carbocycles. The first kappa shape index (κ1) is 20.9. The normalized spacial score (nSPS) is 11.7. The van der Waals surface area contributed by atoms with E-state index in [1.807, 2.05) is 55.6 Å². The molecule has 0 unspecified atom stereocenters. The second-order valence-corrected chi connectivity index (χ2v) is 7.86. The summed E-state index contributed by atoms with van der Waals surface area (Å²) in [6.45, 7) is 6.31. The van der Waals surface area contributed by atoms with Gasteiger partial charge in [-0.05, 0) is 68.3 Å². The molecule has 5 nitrogen and oxygen atoms in total. The molecule has 3 rings (SSSR count). The molecule has 2 aromatic carbocycles. The second kappa shape index (κ2) is 9.56. The van der Waals surface area contributed by atoms with Crippen LogP contribution >= 0.6 is 11.3 Å². The number of hydrogen-bond acceptors (Lipinski definition) is 5. The Kier molecular flexibility index (Phi) is 6.88. The Morgan fingerprint density at radius 1 is 1.10 bits per heavy atom. The average Bonchev–Trinajstić information content (AvgIpc) is 3.16. The number of carbonyl (C=O) groups is 1. The summed E-state index contributed by atoms with van der Waals surface area (Å²) in [7, 11) is 1.65. The van der Waals surface area contributed by atoms with Crippen molar-refractivity contribution in [3.63, 3.8) is 0 Å². The molecule has 0 radical (unpaired) electrons. The Balaban J connectivity index is 1.49. The quantitative estimate of drug-likeness (QED) is 0.591. The van der Waals surface area contributed by atoms with E-state index in [2.05, 4.69) is 16.4 Å². The molecule has 1 atom stereocenters. The van der Waals surface area contributed by atoms with E-state index in [0.29, 0.717) is 18.7 Å². The van der Waals surface area contributed by atoms with Crippen LogP contribution in [0.2, 0.25) is 0 Å². The van der Waals surface area contributed by atoms with Crippen LogP contribution in [0.25, 0.3) is 10.6 Å². The van der Waals surface area contributed by atoms with Crippen molar-refractivity contribution in [1.82, 2.24) is 10.3 Å². The number of nitrogens with zero attached hydrogens (tertiary/aromatic N) is 1. The van der Waals surface area contributed by atoms with Gasteiger partial charge in [0.15, 0.2) is 6.10 Å². The highest BCUT2D eigenvalue weighted by Crippen LogP contribution is 2.25. The number of methoxy groups -OCH3 is 1. The van der Waals surface area contributed by atoms with Gasteiger partial charge in [0.1, 0.15) is 16.5 Å². The fourth-order valence-electron chi connectivity index (χ4n) is 3.00. The summed E-state index contributed by atoms with van der Waals surface area (Å²) in [6, 6.07) is 13.8. The molecule has 1 heterocycles. The summed E-state index contributed by atoms with van der Waals surface area (Å²) < 4.78 is 11.0. The first-order valence-corrected chi connectivity index (χ1v) is 10.4. The number of amides is 1. The van der Waals surface area contributed by atoms with Gasteiger partial charge in [0, 0.05) is 23.9 Å². The number of thiazole rings is 1. The molecule has 0 fully saturated rings. The van der Waals surface area contributed by atoms with E-state index >= 15 is 0 Å². The highest BCUT2D eigenvalue weighted by Gasteiger charge is 2.15. The third-order valence-electron chi connectivity index (χ3n) is 4.45. The van der Waals surface area contributed by atoms with Crippen LogP contribution in [0.3, 0.4) is 0 Å². The van der Waals surface area contributed by atoms with E-state index in [0.717, 1.165) is 33.1 Å². The maximum absolute atomic E-state index is 12.3. The molecule has 3 aromatic rings. The van der Waals surface area contributed by atoms with Crippen molar-refractivity contribution in [3.8, 4) is 22.1 Å². The molecule has 1 amide bonds. The minimum Gasteiger partial charge on any atom is -0.497 e. The highest BCUT2D eigenvalue weighted by molar-refractivity contribution is 7.13. The molecule has 0 bridgehead atoms. The Morgan fingerprint density at radius 3 is 2.45 bits per heavy atom. The van der Waals surface area contributed by atoms with E-state index in [9.17, 15) is 4.79 Å². The zero-order valence-electron chi connectivity index (χ0n) is 17.2. The number of ether oxygens (including phenoxy) is 2. The van der Waals surface area contributed by atoms with Crippen LogP contribution < -0.4 is 14.8 Å². The molecular formula is C23H26N2O3S. The molecular weight excluding hydrogens is 384 g/mol. The Morgan fingerprint density at radius 2 is 1.79 bits per heavy atom. The first-order valence-electron chi connectivity index (χ1n) is 9.56. The van der Waals surface area contributed by atoms with Gasteiger partial charge in [0.05, 0.1) is 12.8 Å². The van der Waals surface area contributed by atoms with Gasteiger partial charge in [-0.3, -0.25) is 4.79 Å². The molecule has 1 aromatic heterocycles. The van der Waals surface area contributed by atoms with Crippen molar-refractivity contribution in [2.75, 3.05) is 13.7 Å². The summed E-state index contributed by atoms with van der Waals surface area (Å²) >= 11 is 1.60. The van der Waals surface area contributed by atoms with Crippen molar-refractivity contribution in [2.24, 2.45) is 0 Å². The van der Waals surface area contributed by atoms with Crippen LogP contribution in [-0.2, 0) is 11.2 Å². The number of aromatic nitrogens is 1. The monoisotopic (exact) mass is 410 g/mol. The summed E-state index contributed by atoms with van der Waals surface area (Å²) in [6.07, 6.45) is 0.121. The molecule has 0 saturated carbocycles. The zero-order chi connectivity index (χ0) is 20.8. The van der Waals surface area contributed by atoms with Crippen LogP contribution in [-0.4, -0.2) is 30.6 Å². The standard InChI is InChI=1S/C23H26N2O3S/c1-15-11-16(2)13-21(12-15)28-17(3)22(26)24-10-9-19-14-29-23(25-19)18-5-7-20(27-4)8-6-18/h5-8,11-14,17H,9-10H2,1-4H3,(H,24,26)/t17-/m0/s1. The van der Waals surface area contributed by atoms with Crippen LogP contribution in [0, 0.1) is 13.8 Å². The Bertz CT molecular complexity index is 946. The van der Waals surface area contributed by atoms with Gasteiger partial charge < -0.3 is 14.8 Å². The third kappa shape index (κ3) is 5.81.